The third-order valence-electron chi connectivity index (χ3n) is 2.12. The molecule has 0 aliphatic rings. The van der Waals surface area contributed by atoms with Gasteiger partial charge in [-0.1, -0.05) is 0 Å². The Morgan fingerprint density at radius 1 is 1.41 bits per heavy atom. The summed E-state index contributed by atoms with van der Waals surface area (Å²) < 4.78 is 40.9. The Morgan fingerprint density at radius 3 is 2.88 bits per heavy atom. The number of benzene rings is 1. The topological polar surface area (TPSA) is 93.8 Å². The molecule has 90 valence electrons. The molecule has 17 heavy (non-hydrogen) atoms. The summed E-state index contributed by atoms with van der Waals surface area (Å²) in [5, 5.41) is 0.658. The Morgan fingerprint density at radius 2 is 2.18 bits per heavy atom. The smallest absolute Gasteiger partial charge is 0.423 e. The number of hydrogen-bond donors (Lipinski definition) is 1. The normalized spacial score (nSPS) is 12.4. The van der Waals surface area contributed by atoms with Gasteiger partial charge in [0.05, 0.1) is 0 Å². The minimum atomic E-state index is -4.41. The van der Waals surface area contributed by atoms with Crippen molar-refractivity contribution < 1.29 is 21.6 Å². The van der Waals surface area contributed by atoms with Crippen LogP contribution in [0.5, 0.6) is 5.75 Å². The van der Waals surface area contributed by atoms with E-state index < -0.39 is 16.0 Å². The summed E-state index contributed by atoms with van der Waals surface area (Å²) in [6.45, 7) is 1.73. The summed E-state index contributed by atoms with van der Waals surface area (Å²) in [5.41, 5.74) is 0.349. The van der Waals surface area contributed by atoms with Gasteiger partial charge in [0, 0.05) is 17.5 Å². The summed E-state index contributed by atoms with van der Waals surface area (Å²) in [6, 6.07) is 5.47. The minimum absolute atomic E-state index is 0.108. The first-order chi connectivity index (χ1) is 8.41. The molecular weight excluding hydrogens is 248 g/mol. The van der Waals surface area contributed by atoms with Crippen LogP contribution >= 0.6 is 0 Å². The summed E-state index contributed by atoms with van der Waals surface area (Å²) in [6.07, 6.45) is 0. The highest BCUT2D eigenvalue weighted by Crippen LogP contribution is 2.22. The Labute approximate surface area is 97.9 Å². The van der Waals surface area contributed by atoms with E-state index >= 15 is 0 Å². The van der Waals surface area contributed by atoms with Crippen molar-refractivity contribution in [1.29, 1.82) is 1.43 Å². The molecule has 0 fully saturated rings. The molecule has 0 radical (unpaired) electrons. The Kier molecular flexibility index (Phi) is 2.34. The van der Waals surface area contributed by atoms with Gasteiger partial charge in [0.1, 0.15) is 11.3 Å². The zero-order valence-corrected chi connectivity index (χ0v) is 9.48. The van der Waals surface area contributed by atoms with Crippen LogP contribution in [0.15, 0.2) is 33.5 Å². The number of hydrogen-bond acceptors (Lipinski definition) is 6. The summed E-state index contributed by atoms with van der Waals surface area (Å²) in [7, 11) is -4.41. The van der Waals surface area contributed by atoms with Crippen molar-refractivity contribution in [2.45, 2.75) is 6.92 Å². The van der Waals surface area contributed by atoms with Crippen LogP contribution in [0.25, 0.3) is 12.4 Å². The minimum Gasteiger partial charge on any atom is -0.423 e. The lowest BCUT2D eigenvalue weighted by Crippen LogP contribution is -2.06. The molecule has 0 amide bonds. The van der Waals surface area contributed by atoms with Crippen LogP contribution in [0.4, 0.5) is 0 Å². The van der Waals surface area contributed by atoms with Crippen LogP contribution in [0, 0.1) is 6.92 Å². The van der Waals surface area contributed by atoms with Crippen molar-refractivity contribution in [2.24, 2.45) is 0 Å². The molecule has 7 heteroatoms. The van der Waals surface area contributed by atoms with Crippen molar-refractivity contribution >= 4 is 21.4 Å². The average molecular weight is 257 g/mol. The second-order valence-electron chi connectivity index (χ2n) is 3.40. The van der Waals surface area contributed by atoms with Crippen LogP contribution in [0.3, 0.4) is 0 Å². The third kappa shape index (κ3) is 2.63. The van der Waals surface area contributed by atoms with Gasteiger partial charge in [-0.25, -0.2) is 4.79 Å². The lowest BCUT2D eigenvalue weighted by atomic mass is 10.1. The number of fused-ring (bicyclic) bond motifs is 1. The predicted molar refractivity (Wildman–Crippen MR) is 59.4 cm³/mol. The molecule has 1 aromatic heterocycles. The molecule has 2 rings (SSSR count). The van der Waals surface area contributed by atoms with E-state index in [1.807, 2.05) is 0 Å². The molecule has 0 bridgehead atoms. The van der Waals surface area contributed by atoms with Crippen molar-refractivity contribution in [2.75, 3.05) is 0 Å². The standard InChI is InChI=1S/C10H8O6S/c1-6-4-10(11)15-9-5-7(2-3-8(6)9)16-17(12,13)14/h2-5H,1H3,(H,12,13,14)/i/hD. The van der Waals surface area contributed by atoms with Crippen molar-refractivity contribution in [1.82, 2.24) is 0 Å². The largest absolute Gasteiger partial charge is 0.446 e. The van der Waals surface area contributed by atoms with Gasteiger partial charge in [-0.2, -0.15) is 8.42 Å². The highest BCUT2D eigenvalue weighted by molar-refractivity contribution is 7.81. The molecule has 0 saturated heterocycles. The highest BCUT2D eigenvalue weighted by atomic mass is 32.3. The molecule has 0 atom stereocenters. The number of rotatable bonds is 3. The maximum Gasteiger partial charge on any atom is 0.446 e. The maximum atomic E-state index is 11.2. The molecule has 1 aromatic carbocycles. The van der Waals surface area contributed by atoms with Gasteiger partial charge >= 0.3 is 16.0 Å². The fourth-order valence-electron chi connectivity index (χ4n) is 1.47. The molecule has 0 aliphatic heterocycles. The molecule has 0 saturated carbocycles. The van der Waals surface area contributed by atoms with Gasteiger partial charge < -0.3 is 8.60 Å². The van der Waals surface area contributed by atoms with Crippen LogP contribution in [-0.4, -0.2) is 13.0 Å². The monoisotopic (exact) mass is 257 g/mol. The predicted octanol–water partition coefficient (Wildman–Crippen LogP) is 1.28. The molecule has 0 unspecified atom stereocenters. The lowest BCUT2D eigenvalue weighted by molar-refractivity contribution is 0.386. The Bertz CT molecular complexity index is 749. The lowest BCUT2D eigenvalue weighted by Gasteiger charge is -2.03. The van der Waals surface area contributed by atoms with Crippen LogP contribution in [-0.2, 0) is 10.4 Å². The molecule has 1 heterocycles. The van der Waals surface area contributed by atoms with Crippen LogP contribution in [0.2, 0.25) is 0 Å². The first-order valence-corrected chi connectivity index (χ1v) is 5.88. The maximum absolute atomic E-state index is 11.2. The van der Waals surface area contributed by atoms with E-state index in [4.69, 9.17) is 5.85 Å². The number of aryl methyl sites for hydroxylation is 1. The van der Waals surface area contributed by atoms with Gasteiger partial charge in [-0.3, -0.25) is 4.56 Å². The van der Waals surface area contributed by atoms with Gasteiger partial charge in [0.15, 0.2) is 0 Å². The Balaban J connectivity index is 2.54. The van der Waals surface area contributed by atoms with Crippen LogP contribution < -0.4 is 9.81 Å². The van der Waals surface area contributed by atoms with Gasteiger partial charge in [0.25, 0.3) is 0 Å². The van der Waals surface area contributed by atoms with E-state index in [9.17, 15) is 13.2 Å². The van der Waals surface area contributed by atoms with E-state index in [0.29, 0.717) is 10.9 Å². The van der Waals surface area contributed by atoms with Gasteiger partial charge in [-0.15, -0.1) is 0 Å². The molecule has 6 nitrogen and oxygen atoms in total. The SMILES string of the molecule is [2H]OS(=O)(=O)Oc1ccc2c(C)cc(=O)oc2c1. The third-order valence-corrected chi connectivity index (χ3v) is 2.52. The second kappa shape index (κ2) is 3.86. The van der Waals surface area contributed by atoms with Crippen LogP contribution in [0.1, 0.15) is 5.56 Å². The van der Waals surface area contributed by atoms with E-state index in [2.05, 4.69) is 8.74 Å². The summed E-state index contributed by atoms with van der Waals surface area (Å²) in [5.74, 6) is -0.108. The average Bonchev–Trinajstić information content (AvgIpc) is 2.27. The van der Waals surface area contributed by atoms with Crippen molar-refractivity contribution in [3.8, 4) is 5.75 Å². The zero-order chi connectivity index (χ0) is 13.3. The fourth-order valence-corrected chi connectivity index (χ4v) is 1.81. The van der Waals surface area contributed by atoms with E-state index in [0.717, 1.165) is 0 Å². The molecule has 2 aromatic rings. The highest BCUT2D eigenvalue weighted by Gasteiger charge is 2.09. The Hall–Kier alpha value is -1.86. The van der Waals surface area contributed by atoms with E-state index in [1.54, 1.807) is 13.0 Å². The van der Waals surface area contributed by atoms with E-state index in [1.165, 1.54) is 18.2 Å². The summed E-state index contributed by atoms with van der Waals surface area (Å²) in [4.78, 5) is 11.2. The molecule has 0 spiro atoms. The molecule has 1 N–H and O–H groups in total. The quantitative estimate of drug-likeness (QED) is 0.657. The van der Waals surface area contributed by atoms with E-state index in [-0.39, 0.29) is 11.3 Å². The first-order valence-electron chi connectivity index (χ1n) is 4.96. The zero-order valence-electron chi connectivity index (χ0n) is 9.67. The first kappa shape index (κ1) is 10.3. The molecule has 0 aliphatic carbocycles. The second-order valence-corrected chi connectivity index (χ2v) is 4.38. The van der Waals surface area contributed by atoms with Gasteiger partial charge in [0.2, 0.25) is 1.43 Å². The molecular formula is C10H8O6S. The van der Waals surface area contributed by atoms with Crippen molar-refractivity contribution in [3.63, 3.8) is 0 Å². The van der Waals surface area contributed by atoms with Crippen molar-refractivity contribution in [3.05, 3.63) is 40.2 Å². The fraction of sp³-hybridized carbons (Fsp3) is 0.100. The van der Waals surface area contributed by atoms with Gasteiger partial charge in [-0.05, 0) is 24.6 Å². The summed E-state index contributed by atoms with van der Waals surface area (Å²) >= 11 is 0.